The first-order chi connectivity index (χ1) is 13.4. The molecule has 10 heteroatoms. The number of hydrogen-bond donors (Lipinski definition) is 2. The lowest BCUT2D eigenvalue weighted by Gasteiger charge is -2.52. The number of Topliss-reactive ketones (excluding diaryl/α,β-unsaturated/α-hetero) is 1. The van der Waals surface area contributed by atoms with Crippen LogP contribution in [0.5, 0.6) is 0 Å². The summed E-state index contributed by atoms with van der Waals surface area (Å²) in [5.74, 6) is -0.661. The number of aldehydes is 1. The molecule has 2 N–H and O–H groups in total. The predicted octanol–water partition coefficient (Wildman–Crippen LogP) is -1.41. The molecule has 0 aromatic heterocycles. The Morgan fingerprint density at radius 1 is 1.39 bits per heavy atom. The molecule has 0 saturated carbocycles. The summed E-state index contributed by atoms with van der Waals surface area (Å²) in [5.41, 5.74) is -1.80. The molecule has 3 rings (SSSR count). The Morgan fingerprint density at radius 2 is 2.18 bits per heavy atom. The number of amides is 2. The highest BCUT2D eigenvalue weighted by Gasteiger charge is 2.56. The molecule has 28 heavy (non-hydrogen) atoms. The topological polar surface area (TPSA) is 139 Å². The largest absolute Gasteiger partial charge is 0.418 e. The molecule has 0 bridgehead atoms. The van der Waals surface area contributed by atoms with Gasteiger partial charge >= 0.3 is 12.1 Å². The van der Waals surface area contributed by atoms with Gasteiger partial charge in [0.15, 0.2) is 5.78 Å². The van der Waals surface area contributed by atoms with Crippen LogP contribution in [0.3, 0.4) is 0 Å². The van der Waals surface area contributed by atoms with Crippen molar-refractivity contribution in [3.05, 3.63) is 29.4 Å². The van der Waals surface area contributed by atoms with Gasteiger partial charge in [-0.3, -0.25) is 14.5 Å². The van der Waals surface area contributed by atoms with Crippen molar-refractivity contribution < 1.29 is 33.5 Å². The molecule has 2 heterocycles. The summed E-state index contributed by atoms with van der Waals surface area (Å²) in [4.78, 5) is 72.0. The Hall–Kier alpha value is -3.36. The van der Waals surface area contributed by atoms with E-state index in [1.54, 1.807) is 12.0 Å². The molecule has 1 aliphatic carbocycles. The van der Waals surface area contributed by atoms with Crippen molar-refractivity contribution in [2.24, 2.45) is 0 Å². The van der Waals surface area contributed by atoms with Gasteiger partial charge in [-0.2, -0.15) is 0 Å². The normalized spacial score (nSPS) is 26.6. The summed E-state index contributed by atoms with van der Waals surface area (Å²) in [6, 6.07) is -0.934. The fourth-order valence-corrected chi connectivity index (χ4v) is 3.55. The number of ketones is 1. The average molecular weight is 387 g/mol. The molecule has 0 spiro atoms. The van der Waals surface area contributed by atoms with E-state index >= 15 is 0 Å². The highest BCUT2D eigenvalue weighted by molar-refractivity contribution is 6.20. The number of carbonyl (C=O) groups is 5. The van der Waals surface area contributed by atoms with Crippen LogP contribution in [0.15, 0.2) is 29.4 Å². The lowest BCUT2D eigenvalue weighted by molar-refractivity contribution is -0.138. The van der Waals surface area contributed by atoms with Crippen molar-refractivity contribution in [3.8, 4) is 0 Å². The van der Waals surface area contributed by atoms with Gasteiger partial charge in [0.1, 0.15) is 23.4 Å². The zero-order valence-electron chi connectivity index (χ0n) is 14.7. The molecule has 146 valence electrons. The summed E-state index contributed by atoms with van der Waals surface area (Å²) in [7, 11) is 0. The second kappa shape index (κ2) is 7.71. The maximum Gasteiger partial charge on any atom is 0.418 e. The minimum Gasteiger partial charge on any atom is -0.372 e. The van der Waals surface area contributed by atoms with Crippen LogP contribution in [0.4, 0.5) is 4.79 Å². The van der Waals surface area contributed by atoms with Gasteiger partial charge < -0.3 is 20.2 Å². The highest BCUT2D eigenvalue weighted by Crippen LogP contribution is 2.33. The lowest BCUT2D eigenvalue weighted by atomic mass is 9.76. The van der Waals surface area contributed by atoms with Crippen LogP contribution in [0.2, 0.25) is 0 Å². The number of carbonyl (C=O) groups excluding carboxylic acids is 6. The molecule has 2 atom stereocenters. The molecule has 2 aliphatic heterocycles. The van der Waals surface area contributed by atoms with Gasteiger partial charge in [-0.05, 0) is 6.08 Å². The Kier molecular flexibility index (Phi) is 5.34. The van der Waals surface area contributed by atoms with Crippen LogP contribution >= 0.6 is 0 Å². The second-order valence-corrected chi connectivity index (χ2v) is 6.52. The van der Waals surface area contributed by atoms with Crippen molar-refractivity contribution in [2.75, 3.05) is 19.6 Å². The molecular weight excluding hydrogens is 370 g/mol. The van der Waals surface area contributed by atoms with Crippen LogP contribution in [-0.4, -0.2) is 72.1 Å². The number of hydrogen-bond acceptors (Lipinski definition) is 8. The standard InChI is InChI=1S/C18H17N3O7/c22-8-5-18(14-12(9-23)15(25)20-14)10-19-6-7-21(18)17(27)28-16(26)11-3-1-2-4-13(11)24/h1-3,8,14,19H,4-7,10H2,(H,20,25). The van der Waals surface area contributed by atoms with Gasteiger partial charge in [0.25, 0.3) is 5.91 Å². The van der Waals surface area contributed by atoms with E-state index in [1.807, 2.05) is 0 Å². The number of allylic oxidation sites excluding steroid dienone is 3. The third-order valence-corrected chi connectivity index (χ3v) is 5.00. The third-order valence-electron chi connectivity index (χ3n) is 5.00. The van der Waals surface area contributed by atoms with Crippen LogP contribution in [0, 0.1) is 0 Å². The van der Waals surface area contributed by atoms with Crippen LogP contribution in [-0.2, 0) is 28.7 Å². The highest BCUT2D eigenvalue weighted by atomic mass is 16.6. The van der Waals surface area contributed by atoms with E-state index in [4.69, 9.17) is 4.74 Å². The average Bonchev–Trinajstić information content (AvgIpc) is 2.67. The van der Waals surface area contributed by atoms with Crippen molar-refractivity contribution in [1.82, 2.24) is 15.5 Å². The van der Waals surface area contributed by atoms with Gasteiger partial charge in [0, 0.05) is 32.5 Å². The van der Waals surface area contributed by atoms with E-state index in [1.165, 1.54) is 12.2 Å². The quantitative estimate of drug-likeness (QED) is 0.114. The number of ether oxygens (including phenoxy) is 1. The molecular formula is C18H17N3O7. The molecule has 2 unspecified atom stereocenters. The summed E-state index contributed by atoms with van der Waals surface area (Å²) in [6.07, 6.45) is 3.64. The number of esters is 1. The van der Waals surface area contributed by atoms with Crippen LogP contribution in [0.25, 0.3) is 0 Å². The maximum atomic E-state index is 12.7. The van der Waals surface area contributed by atoms with E-state index < -0.39 is 35.3 Å². The van der Waals surface area contributed by atoms with Crippen molar-refractivity contribution in [1.29, 1.82) is 0 Å². The Balaban J connectivity index is 1.86. The number of piperazine rings is 1. The fourth-order valence-electron chi connectivity index (χ4n) is 3.55. The zero-order valence-corrected chi connectivity index (χ0v) is 14.7. The van der Waals surface area contributed by atoms with Gasteiger partial charge in [-0.25, -0.2) is 14.4 Å². The molecule has 2 amide bonds. The SMILES string of the molecule is O=C=C1C(=O)NC1C1(CC=O)CNCCN1C(=O)OC(=O)C1=CC=CCC1=O. The maximum absolute atomic E-state index is 12.7. The summed E-state index contributed by atoms with van der Waals surface area (Å²) in [5, 5.41) is 5.52. The van der Waals surface area contributed by atoms with Gasteiger partial charge in [-0.1, -0.05) is 12.2 Å². The summed E-state index contributed by atoms with van der Waals surface area (Å²) < 4.78 is 4.88. The van der Waals surface area contributed by atoms with Crippen LogP contribution in [0.1, 0.15) is 12.8 Å². The smallest absolute Gasteiger partial charge is 0.372 e. The summed E-state index contributed by atoms with van der Waals surface area (Å²) in [6.45, 7) is 0.482. The summed E-state index contributed by atoms with van der Waals surface area (Å²) >= 11 is 0. The van der Waals surface area contributed by atoms with Gasteiger partial charge in [0.05, 0.1) is 11.6 Å². The zero-order chi connectivity index (χ0) is 20.3. The Morgan fingerprint density at radius 3 is 2.82 bits per heavy atom. The predicted molar refractivity (Wildman–Crippen MR) is 92.5 cm³/mol. The monoisotopic (exact) mass is 387 g/mol. The molecule has 3 aliphatic rings. The van der Waals surface area contributed by atoms with Crippen molar-refractivity contribution >= 4 is 36.0 Å². The first kappa shape index (κ1) is 19.4. The van der Waals surface area contributed by atoms with E-state index in [-0.39, 0.29) is 37.1 Å². The molecule has 0 aromatic carbocycles. The Labute approximate surface area is 159 Å². The van der Waals surface area contributed by atoms with E-state index in [9.17, 15) is 28.8 Å². The molecule has 0 radical (unpaired) electrons. The van der Waals surface area contributed by atoms with Crippen molar-refractivity contribution in [3.63, 3.8) is 0 Å². The first-order valence-electron chi connectivity index (χ1n) is 8.58. The Bertz CT molecular complexity index is 868. The second-order valence-electron chi connectivity index (χ2n) is 6.52. The minimum atomic E-state index is -1.33. The molecule has 10 nitrogen and oxygen atoms in total. The number of nitrogens with zero attached hydrogens (tertiary/aromatic N) is 1. The minimum absolute atomic E-state index is 0.0272. The number of nitrogens with one attached hydrogen (secondary N) is 2. The van der Waals surface area contributed by atoms with E-state index in [0.717, 1.165) is 4.90 Å². The fraction of sp³-hybridized carbons (Fsp3) is 0.389. The number of rotatable bonds is 4. The molecule has 0 aromatic rings. The first-order valence-corrected chi connectivity index (χ1v) is 8.58. The van der Waals surface area contributed by atoms with Crippen LogP contribution < -0.4 is 10.6 Å². The molecule has 2 fully saturated rings. The van der Waals surface area contributed by atoms with Gasteiger partial charge in [0.2, 0.25) is 0 Å². The van der Waals surface area contributed by atoms with E-state index in [2.05, 4.69) is 10.6 Å². The lowest BCUT2D eigenvalue weighted by Crippen LogP contribution is -2.76. The van der Waals surface area contributed by atoms with E-state index in [0.29, 0.717) is 12.8 Å². The number of β-lactam (4-membered cyclic amide) rings is 1. The molecule has 2 saturated heterocycles. The third kappa shape index (κ3) is 3.19. The van der Waals surface area contributed by atoms with Gasteiger partial charge in [-0.15, -0.1) is 0 Å². The van der Waals surface area contributed by atoms with Crippen molar-refractivity contribution in [2.45, 2.75) is 24.4 Å².